The molecular weight excluding hydrogens is 210 g/mol. The van der Waals surface area contributed by atoms with E-state index in [-0.39, 0.29) is 17.0 Å². The highest BCUT2D eigenvalue weighted by molar-refractivity contribution is 5.95. The van der Waals surface area contributed by atoms with Crippen LogP contribution in [0.15, 0.2) is 24.3 Å². The van der Waals surface area contributed by atoms with E-state index in [9.17, 15) is 9.90 Å². The maximum absolute atomic E-state index is 10.8. The number of para-hydroxylation sites is 1. The van der Waals surface area contributed by atoms with Gasteiger partial charge in [0.25, 0.3) is 0 Å². The average molecular weight is 219 g/mol. The Morgan fingerprint density at radius 1 is 1.44 bits per heavy atom. The molecular formula is C11H9NO4. The van der Waals surface area contributed by atoms with Crippen molar-refractivity contribution in [1.29, 1.82) is 0 Å². The zero-order valence-corrected chi connectivity index (χ0v) is 8.47. The predicted octanol–water partition coefficient (Wildman–Crippen LogP) is 1.65. The number of methoxy groups -OCH3 is 1. The van der Waals surface area contributed by atoms with E-state index in [0.29, 0.717) is 11.1 Å². The van der Waals surface area contributed by atoms with Crippen molar-refractivity contribution in [3.05, 3.63) is 30.0 Å². The van der Waals surface area contributed by atoms with Crippen LogP contribution in [0.4, 0.5) is 0 Å². The quantitative estimate of drug-likeness (QED) is 0.802. The fraction of sp³-hybridized carbons (Fsp3) is 0.0909. The Bertz CT molecular complexity index is 565. The van der Waals surface area contributed by atoms with Gasteiger partial charge in [0.15, 0.2) is 5.69 Å². The molecule has 0 atom stereocenters. The number of nitrogens with zero attached hydrogens (tertiary/aromatic N) is 1. The summed E-state index contributed by atoms with van der Waals surface area (Å²) in [7, 11) is 1.43. The number of carboxylic acid groups (broad SMARTS) is 1. The number of carboxylic acids is 1. The summed E-state index contributed by atoms with van der Waals surface area (Å²) in [5.74, 6) is -0.861. The van der Waals surface area contributed by atoms with Crippen molar-refractivity contribution >= 4 is 16.9 Å². The summed E-state index contributed by atoms with van der Waals surface area (Å²) < 4.78 is 5.06. The summed E-state index contributed by atoms with van der Waals surface area (Å²) in [6.07, 6.45) is 0. The summed E-state index contributed by atoms with van der Waals surface area (Å²) in [4.78, 5) is 14.7. The maximum atomic E-state index is 10.8. The average Bonchev–Trinajstić information content (AvgIpc) is 2.28. The first-order chi connectivity index (χ1) is 7.63. The standard InChI is InChI=1S/C11H9NO4/c1-16-9-5-7(11(14)15)12-10-6(9)3-2-4-8(10)13/h2-5,13H,1H3,(H,14,15). The molecule has 0 unspecified atom stereocenters. The highest BCUT2D eigenvalue weighted by Gasteiger charge is 2.13. The van der Waals surface area contributed by atoms with Crippen LogP contribution in [0.25, 0.3) is 10.9 Å². The number of rotatable bonds is 2. The lowest BCUT2D eigenvalue weighted by atomic mass is 10.1. The van der Waals surface area contributed by atoms with Gasteiger partial charge >= 0.3 is 5.97 Å². The monoisotopic (exact) mass is 219 g/mol. The second kappa shape index (κ2) is 3.69. The highest BCUT2D eigenvalue weighted by Crippen LogP contribution is 2.30. The van der Waals surface area contributed by atoms with Crippen molar-refractivity contribution in [3.8, 4) is 11.5 Å². The van der Waals surface area contributed by atoms with Gasteiger partial charge in [0, 0.05) is 11.5 Å². The third-order valence-electron chi connectivity index (χ3n) is 2.22. The van der Waals surface area contributed by atoms with Crippen LogP contribution in [0.5, 0.6) is 11.5 Å². The number of ether oxygens (including phenoxy) is 1. The van der Waals surface area contributed by atoms with Crippen LogP contribution in [0.2, 0.25) is 0 Å². The van der Waals surface area contributed by atoms with Gasteiger partial charge in [0.2, 0.25) is 0 Å². The lowest BCUT2D eigenvalue weighted by molar-refractivity contribution is 0.0690. The number of hydrogen-bond donors (Lipinski definition) is 2. The van der Waals surface area contributed by atoms with Gasteiger partial charge in [-0.15, -0.1) is 0 Å². The van der Waals surface area contributed by atoms with E-state index in [1.165, 1.54) is 19.2 Å². The number of phenolic OH excluding ortho intramolecular Hbond substituents is 1. The second-order valence-electron chi connectivity index (χ2n) is 3.19. The van der Waals surface area contributed by atoms with Gasteiger partial charge in [-0.2, -0.15) is 0 Å². The largest absolute Gasteiger partial charge is 0.506 e. The van der Waals surface area contributed by atoms with Crippen molar-refractivity contribution in [3.63, 3.8) is 0 Å². The van der Waals surface area contributed by atoms with Crippen LogP contribution in [0.3, 0.4) is 0 Å². The molecule has 5 heteroatoms. The van der Waals surface area contributed by atoms with Gasteiger partial charge < -0.3 is 14.9 Å². The predicted molar refractivity (Wildman–Crippen MR) is 56.9 cm³/mol. The molecule has 5 nitrogen and oxygen atoms in total. The molecule has 0 aliphatic rings. The number of carbonyl (C=O) groups is 1. The molecule has 0 saturated carbocycles. The molecule has 0 spiro atoms. The smallest absolute Gasteiger partial charge is 0.354 e. The minimum Gasteiger partial charge on any atom is -0.506 e. The third-order valence-corrected chi connectivity index (χ3v) is 2.22. The normalized spacial score (nSPS) is 10.3. The van der Waals surface area contributed by atoms with E-state index < -0.39 is 5.97 Å². The van der Waals surface area contributed by atoms with E-state index in [1.807, 2.05) is 0 Å². The third kappa shape index (κ3) is 1.52. The molecule has 82 valence electrons. The van der Waals surface area contributed by atoms with Crippen molar-refractivity contribution in [2.24, 2.45) is 0 Å². The van der Waals surface area contributed by atoms with Gasteiger partial charge in [0.1, 0.15) is 17.0 Å². The van der Waals surface area contributed by atoms with Crippen molar-refractivity contribution in [2.75, 3.05) is 7.11 Å². The first kappa shape index (κ1) is 10.2. The molecule has 0 radical (unpaired) electrons. The zero-order valence-electron chi connectivity index (χ0n) is 8.47. The zero-order chi connectivity index (χ0) is 11.7. The van der Waals surface area contributed by atoms with Gasteiger partial charge in [0.05, 0.1) is 7.11 Å². The van der Waals surface area contributed by atoms with E-state index in [2.05, 4.69) is 4.98 Å². The lowest BCUT2D eigenvalue weighted by Gasteiger charge is -2.07. The number of pyridine rings is 1. The molecule has 0 bridgehead atoms. The van der Waals surface area contributed by atoms with Crippen molar-refractivity contribution in [1.82, 2.24) is 4.98 Å². The molecule has 16 heavy (non-hydrogen) atoms. The van der Waals surface area contributed by atoms with E-state index in [4.69, 9.17) is 9.84 Å². The van der Waals surface area contributed by atoms with E-state index >= 15 is 0 Å². The Kier molecular flexibility index (Phi) is 2.36. The molecule has 1 aromatic heterocycles. The van der Waals surface area contributed by atoms with Crippen LogP contribution >= 0.6 is 0 Å². The Labute approximate surface area is 90.9 Å². The molecule has 2 rings (SSSR count). The van der Waals surface area contributed by atoms with Crippen LogP contribution < -0.4 is 4.74 Å². The lowest BCUT2D eigenvalue weighted by Crippen LogP contribution is -2.01. The second-order valence-corrected chi connectivity index (χ2v) is 3.19. The molecule has 0 fully saturated rings. The number of hydrogen-bond acceptors (Lipinski definition) is 4. The molecule has 0 amide bonds. The van der Waals surface area contributed by atoms with Gasteiger partial charge in [-0.1, -0.05) is 6.07 Å². The SMILES string of the molecule is COc1cc(C(=O)O)nc2c(O)cccc12. The number of aromatic carboxylic acids is 1. The topological polar surface area (TPSA) is 79.7 Å². The van der Waals surface area contributed by atoms with Crippen molar-refractivity contribution < 1.29 is 19.7 Å². The molecule has 0 aliphatic heterocycles. The maximum Gasteiger partial charge on any atom is 0.354 e. The molecule has 1 heterocycles. The molecule has 0 aliphatic carbocycles. The molecule has 0 saturated heterocycles. The number of benzene rings is 1. The van der Waals surface area contributed by atoms with Gasteiger partial charge in [-0.3, -0.25) is 0 Å². The van der Waals surface area contributed by atoms with Gasteiger partial charge in [-0.25, -0.2) is 9.78 Å². The van der Waals surface area contributed by atoms with Gasteiger partial charge in [-0.05, 0) is 12.1 Å². The van der Waals surface area contributed by atoms with Crippen LogP contribution in [-0.2, 0) is 0 Å². The first-order valence-corrected chi connectivity index (χ1v) is 4.53. The minimum atomic E-state index is -1.16. The Morgan fingerprint density at radius 3 is 2.81 bits per heavy atom. The highest BCUT2D eigenvalue weighted by atomic mass is 16.5. The fourth-order valence-corrected chi connectivity index (χ4v) is 1.48. The van der Waals surface area contributed by atoms with E-state index in [1.54, 1.807) is 12.1 Å². The fourth-order valence-electron chi connectivity index (χ4n) is 1.48. The Hall–Kier alpha value is -2.30. The number of aromatic hydroxyl groups is 1. The minimum absolute atomic E-state index is 0.0705. The summed E-state index contributed by atoms with van der Waals surface area (Å²) in [6, 6.07) is 6.11. The summed E-state index contributed by atoms with van der Waals surface area (Å²) in [5, 5.41) is 19.0. The number of aromatic nitrogens is 1. The van der Waals surface area contributed by atoms with E-state index in [0.717, 1.165) is 0 Å². The molecule has 1 aromatic carbocycles. The van der Waals surface area contributed by atoms with Crippen LogP contribution in [-0.4, -0.2) is 28.3 Å². The summed E-state index contributed by atoms with van der Waals surface area (Å²) in [6.45, 7) is 0. The molecule has 2 N–H and O–H groups in total. The van der Waals surface area contributed by atoms with Crippen molar-refractivity contribution in [2.45, 2.75) is 0 Å². The Morgan fingerprint density at radius 2 is 2.19 bits per heavy atom. The van der Waals surface area contributed by atoms with Crippen LogP contribution in [0.1, 0.15) is 10.5 Å². The molecule has 2 aromatic rings. The van der Waals surface area contributed by atoms with Crippen LogP contribution in [0, 0.1) is 0 Å². The first-order valence-electron chi connectivity index (χ1n) is 4.53. The number of phenols is 1. The summed E-state index contributed by atoms with van der Waals surface area (Å²) >= 11 is 0. The number of fused-ring (bicyclic) bond motifs is 1. The summed E-state index contributed by atoms with van der Waals surface area (Å²) in [5.41, 5.74) is 0.0603. The Balaban J connectivity index is 2.84.